The van der Waals surface area contributed by atoms with Crippen molar-refractivity contribution in [2.24, 2.45) is 0 Å². The Hall–Kier alpha value is -2.08. The van der Waals surface area contributed by atoms with E-state index in [-0.39, 0.29) is 11.5 Å². The Morgan fingerprint density at radius 2 is 1.84 bits per heavy atom. The standard InChI is InChI=1S/C16H17NO2/c1-9(2)11-5-6-14-12(7-11)15(10(3)4)13(8-17)16(18)19-14/h5-7,9-10H,1-4H3. The maximum absolute atomic E-state index is 11.8. The topological polar surface area (TPSA) is 54.0 Å². The summed E-state index contributed by atoms with van der Waals surface area (Å²) >= 11 is 0. The number of benzene rings is 1. The monoisotopic (exact) mass is 255 g/mol. The molecule has 0 spiro atoms. The van der Waals surface area contributed by atoms with E-state index in [0.717, 1.165) is 10.9 Å². The SMILES string of the molecule is CC(C)c1ccc2oc(=O)c(C#N)c(C(C)C)c2c1. The molecule has 1 heterocycles. The molecule has 0 aliphatic carbocycles. The van der Waals surface area contributed by atoms with Gasteiger partial charge in [-0.15, -0.1) is 0 Å². The molecule has 1 aromatic carbocycles. The number of nitrogens with zero attached hydrogens (tertiary/aromatic N) is 1. The molecule has 0 bridgehead atoms. The van der Waals surface area contributed by atoms with Crippen molar-refractivity contribution in [3.05, 3.63) is 45.3 Å². The molecular weight excluding hydrogens is 238 g/mol. The molecule has 0 atom stereocenters. The average Bonchev–Trinajstić information content (AvgIpc) is 2.36. The summed E-state index contributed by atoms with van der Waals surface area (Å²) in [5, 5.41) is 10.0. The minimum absolute atomic E-state index is 0.101. The first-order valence-corrected chi connectivity index (χ1v) is 6.46. The fraction of sp³-hybridized carbons (Fsp3) is 0.375. The van der Waals surface area contributed by atoms with Gasteiger partial charge < -0.3 is 4.42 Å². The largest absolute Gasteiger partial charge is 0.422 e. The summed E-state index contributed by atoms with van der Waals surface area (Å²) in [6, 6.07) is 7.79. The Morgan fingerprint density at radius 1 is 1.16 bits per heavy atom. The van der Waals surface area contributed by atoms with Gasteiger partial charge in [-0.1, -0.05) is 33.8 Å². The highest BCUT2D eigenvalue weighted by atomic mass is 16.4. The molecule has 3 nitrogen and oxygen atoms in total. The minimum atomic E-state index is -0.545. The van der Waals surface area contributed by atoms with Gasteiger partial charge in [0.1, 0.15) is 17.2 Å². The maximum atomic E-state index is 11.8. The summed E-state index contributed by atoms with van der Waals surface area (Å²) in [6.45, 7) is 8.19. The lowest BCUT2D eigenvalue weighted by molar-refractivity contribution is 0.554. The zero-order chi connectivity index (χ0) is 14.2. The Labute approximate surface area is 112 Å². The third-order valence-electron chi connectivity index (χ3n) is 3.33. The van der Waals surface area contributed by atoms with Crippen LogP contribution in [0.2, 0.25) is 0 Å². The third-order valence-corrected chi connectivity index (χ3v) is 3.33. The maximum Gasteiger partial charge on any atom is 0.354 e. The molecule has 2 aromatic rings. The van der Waals surface area contributed by atoms with E-state index in [9.17, 15) is 10.1 Å². The number of fused-ring (bicyclic) bond motifs is 1. The van der Waals surface area contributed by atoms with Crippen LogP contribution in [0.3, 0.4) is 0 Å². The van der Waals surface area contributed by atoms with E-state index in [0.29, 0.717) is 11.5 Å². The molecular formula is C16H17NO2. The lowest BCUT2D eigenvalue weighted by Crippen LogP contribution is -2.10. The van der Waals surface area contributed by atoms with Crippen LogP contribution in [0.1, 0.15) is 56.2 Å². The Bertz CT molecular complexity index is 718. The number of hydrogen-bond donors (Lipinski definition) is 0. The molecule has 0 amide bonds. The van der Waals surface area contributed by atoms with Gasteiger partial charge in [-0.25, -0.2) is 4.79 Å². The van der Waals surface area contributed by atoms with E-state index in [1.807, 2.05) is 38.1 Å². The van der Waals surface area contributed by atoms with Crippen LogP contribution in [-0.4, -0.2) is 0 Å². The van der Waals surface area contributed by atoms with Crippen LogP contribution in [0.4, 0.5) is 0 Å². The molecule has 0 saturated heterocycles. The molecule has 19 heavy (non-hydrogen) atoms. The predicted molar refractivity (Wildman–Crippen MR) is 75.4 cm³/mol. The summed E-state index contributed by atoms with van der Waals surface area (Å²) in [7, 11) is 0. The summed E-state index contributed by atoms with van der Waals surface area (Å²) in [4.78, 5) is 11.8. The van der Waals surface area contributed by atoms with E-state index in [1.165, 1.54) is 5.56 Å². The van der Waals surface area contributed by atoms with Crippen LogP contribution < -0.4 is 5.63 Å². The van der Waals surface area contributed by atoms with Crippen molar-refractivity contribution in [1.82, 2.24) is 0 Å². The zero-order valence-corrected chi connectivity index (χ0v) is 11.7. The molecule has 2 rings (SSSR count). The van der Waals surface area contributed by atoms with Gasteiger partial charge in [0.25, 0.3) is 0 Å². The van der Waals surface area contributed by atoms with Gasteiger partial charge in [0.15, 0.2) is 0 Å². The van der Waals surface area contributed by atoms with Crippen LogP contribution in [0.5, 0.6) is 0 Å². The summed E-state index contributed by atoms with van der Waals surface area (Å²) < 4.78 is 5.23. The van der Waals surface area contributed by atoms with Crippen LogP contribution in [0, 0.1) is 11.3 Å². The second kappa shape index (κ2) is 4.89. The first-order chi connectivity index (χ1) is 8.95. The summed E-state index contributed by atoms with van der Waals surface area (Å²) in [5.41, 5.74) is 2.10. The lowest BCUT2D eigenvalue weighted by atomic mass is 9.92. The number of nitriles is 1. The van der Waals surface area contributed by atoms with Crippen molar-refractivity contribution in [1.29, 1.82) is 5.26 Å². The zero-order valence-electron chi connectivity index (χ0n) is 11.7. The molecule has 0 saturated carbocycles. The highest BCUT2D eigenvalue weighted by Crippen LogP contribution is 2.29. The Kier molecular flexibility index (Phi) is 3.44. The van der Waals surface area contributed by atoms with Crippen LogP contribution >= 0.6 is 0 Å². The minimum Gasteiger partial charge on any atom is -0.422 e. The van der Waals surface area contributed by atoms with Crippen LogP contribution in [0.15, 0.2) is 27.4 Å². The van der Waals surface area contributed by atoms with E-state index in [4.69, 9.17) is 4.42 Å². The van der Waals surface area contributed by atoms with Crippen molar-refractivity contribution in [3.63, 3.8) is 0 Å². The van der Waals surface area contributed by atoms with E-state index in [1.54, 1.807) is 0 Å². The van der Waals surface area contributed by atoms with Crippen molar-refractivity contribution in [2.45, 2.75) is 39.5 Å². The molecule has 0 radical (unpaired) electrons. The Morgan fingerprint density at radius 3 is 2.37 bits per heavy atom. The molecule has 0 N–H and O–H groups in total. The lowest BCUT2D eigenvalue weighted by Gasteiger charge is -2.13. The number of hydrogen-bond acceptors (Lipinski definition) is 3. The fourth-order valence-corrected chi connectivity index (χ4v) is 2.31. The quantitative estimate of drug-likeness (QED) is 0.764. The molecule has 1 aromatic heterocycles. The normalized spacial score (nSPS) is 11.2. The first-order valence-electron chi connectivity index (χ1n) is 6.46. The Balaban J connectivity index is 2.93. The second-order valence-electron chi connectivity index (χ2n) is 5.35. The highest BCUT2D eigenvalue weighted by molar-refractivity contribution is 5.83. The second-order valence-corrected chi connectivity index (χ2v) is 5.35. The number of rotatable bonds is 2. The molecule has 0 aliphatic heterocycles. The van der Waals surface area contributed by atoms with Crippen LogP contribution in [-0.2, 0) is 0 Å². The van der Waals surface area contributed by atoms with Gasteiger partial charge in [0.2, 0.25) is 0 Å². The van der Waals surface area contributed by atoms with Crippen LogP contribution in [0.25, 0.3) is 11.0 Å². The summed E-state index contributed by atoms with van der Waals surface area (Å²) in [5.74, 6) is 0.491. The van der Waals surface area contributed by atoms with Gasteiger partial charge in [-0.05, 0) is 35.1 Å². The van der Waals surface area contributed by atoms with Crippen molar-refractivity contribution < 1.29 is 4.42 Å². The molecule has 0 aliphatic rings. The molecule has 0 fully saturated rings. The highest BCUT2D eigenvalue weighted by Gasteiger charge is 2.17. The van der Waals surface area contributed by atoms with Gasteiger partial charge in [-0.3, -0.25) is 0 Å². The average molecular weight is 255 g/mol. The van der Waals surface area contributed by atoms with E-state index < -0.39 is 5.63 Å². The van der Waals surface area contributed by atoms with Gasteiger partial charge >= 0.3 is 5.63 Å². The van der Waals surface area contributed by atoms with Crippen molar-refractivity contribution >= 4 is 11.0 Å². The predicted octanol–water partition coefficient (Wildman–Crippen LogP) is 3.91. The first kappa shape index (κ1) is 13.4. The summed E-state index contributed by atoms with van der Waals surface area (Å²) in [6.07, 6.45) is 0. The van der Waals surface area contributed by atoms with Gasteiger partial charge in [0, 0.05) is 5.39 Å². The van der Waals surface area contributed by atoms with Crippen molar-refractivity contribution in [2.75, 3.05) is 0 Å². The van der Waals surface area contributed by atoms with Crippen molar-refractivity contribution in [3.8, 4) is 6.07 Å². The molecule has 3 heteroatoms. The fourth-order valence-electron chi connectivity index (χ4n) is 2.31. The van der Waals surface area contributed by atoms with Gasteiger partial charge in [0.05, 0.1) is 0 Å². The van der Waals surface area contributed by atoms with E-state index >= 15 is 0 Å². The third kappa shape index (κ3) is 2.26. The molecule has 0 unspecified atom stereocenters. The van der Waals surface area contributed by atoms with Gasteiger partial charge in [-0.2, -0.15) is 5.26 Å². The smallest absolute Gasteiger partial charge is 0.354 e. The van der Waals surface area contributed by atoms with E-state index in [2.05, 4.69) is 13.8 Å². The molecule has 98 valence electrons.